The Hall–Kier alpha value is -2.51. The number of carbonyl (C=O) groups excluding carboxylic acids is 2. The van der Waals surface area contributed by atoms with E-state index in [9.17, 15) is 9.59 Å². The summed E-state index contributed by atoms with van der Waals surface area (Å²) in [5.41, 5.74) is 3.27. The number of nitrogens with one attached hydrogen (secondary N) is 2. The first-order chi connectivity index (χ1) is 15.7. The number of benzene rings is 2. The molecular formula is C23H19Cl4N3O3. The first-order valence-corrected chi connectivity index (χ1v) is 11.3. The minimum absolute atomic E-state index is 0.189. The first kappa shape index (κ1) is 25.1. The third-order valence-electron chi connectivity index (χ3n) is 4.60. The third kappa shape index (κ3) is 6.51. The molecule has 10 heteroatoms. The van der Waals surface area contributed by atoms with Crippen LogP contribution in [0.1, 0.15) is 30.0 Å². The second-order valence-corrected chi connectivity index (χ2v) is 9.07. The van der Waals surface area contributed by atoms with Gasteiger partial charge in [-0.15, -0.1) is 0 Å². The zero-order valence-electron chi connectivity index (χ0n) is 17.5. The van der Waals surface area contributed by atoms with Gasteiger partial charge in [0.05, 0.1) is 21.8 Å². The second kappa shape index (κ2) is 11.1. The first-order valence-electron chi connectivity index (χ1n) is 9.80. The summed E-state index contributed by atoms with van der Waals surface area (Å²) in [4.78, 5) is 25.2. The van der Waals surface area contributed by atoms with Crippen molar-refractivity contribution in [2.24, 2.45) is 11.0 Å². The summed E-state index contributed by atoms with van der Waals surface area (Å²) in [5, 5.41) is 8.21. The Labute approximate surface area is 210 Å². The highest BCUT2D eigenvalue weighted by Crippen LogP contribution is 2.31. The van der Waals surface area contributed by atoms with Gasteiger partial charge in [-0.1, -0.05) is 60.3 Å². The lowest BCUT2D eigenvalue weighted by atomic mass is 10.0. The number of furan rings is 1. The van der Waals surface area contributed by atoms with Crippen LogP contribution in [0.25, 0.3) is 11.3 Å². The van der Waals surface area contributed by atoms with Crippen LogP contribution in [0.3, 0.4) is 0 Å². The Kier molecular flexibility index (Phi) is 8.43. The number of hydrazone groups is 1. The van der Waals surface area contributed by atoms with Crippen LogP contribution in [0.4, 0.5) is 0 Å². The molecule has 1 heterocycles. The SMILES string of the molecule is CC(C)C(NC(=O)c1ccc(Cl)cc1Cl)C(=O)NN=Cc1ccc(-c2cc(Cl)ccc2Cl)o1. The van der Waals surface area contributed by atoms with E-state index in [-0.39, 0.29) is 16.5 Å². The lowest BCUT2D eigenvalue weighted by molar-refractivity contribution is -0.123. The van der Waals surface area contributed by atoms with Gasteiger partial charge in [-0.05, 0) is 54.4 Å². The fourth-order valence-electron chi connectivity index (χ4n) is 2.91. The van der Waals surface area contributed by atoms with Crippen LogP contribution in [0.15, 0.2) is 58.0 Å². The molecule has 0 saturated carbocycles. The van der Waals surface area contributed by atoms with E-state index >= 15 is 0 Å². The molecule has 33 heavy (non-hydrogen) atoms. The zero-order chi connectivity index (χ0) is 24.1. The van der Waals surface area contributed by atoms with Crippen LogP contribution in [0.2, 0.25) is 20.1 Å². The molecule has 2 N–H and O–H groups in total. The van der Waals surface area contributed by atoms with Crippen molar-refractivity contribution < 1.29 is 14.0 Å². The Balaban J connectivity index is 1.66. The maximum absolute atomic E-state index is 12.6. The summed E-state index contributed by atoms with van der Waals surface area (Å²) in [6, 6.07) is 12.1. The smallest absolute Gasteiger partial charge is 0.262 e. The molecule has 0 aliphatic rings. The Morgan fingerprint density at radius 3 is 2.33 bits per heavy atom. The van der Waals surface area contributed by atoms with Gasteiger partial charge >= 0.3 is 0 Å². The van der Waals surface area contributed by atoms with Crippen LogP contribution >= 0.6 is 46.4 Å². The van der Waals surface area contributed by atoms with Gasteiger partial charge in [-0.2, -0.15) is 5.10 Å². The van der Waals surface area contributed by atoms with Gasteiger partial charge in [0.15, 0.2) is 0 Å². The Morgan fingerprint density at radius 2 is 1.64 bits per heavy atom. The van der Waals surface area contributed by atoms with E-state index in [1.165, 1.54) is 18.3 Å². The number of rotatable bonds is 7. The Bertz CT molecular complexity index is 1210. The van der Waals surface area contributed by atoms with Crippen molar-refractivity contribution in [1.82, 2.24) is 10.7 Å². The molecule has 0 spiro atoms. The van der Waals surface area contributed by atoms with E-state index in [0.29, 0.717) is 32.2 Å². The average molecular weight is 527 g/mol. The quantitative estimate of drug-likeness (QED) is 0.273. The Morgan fingerprint density at radius 1 is 0.939 bits per heavy atom. The molecule has 0 aliphatic carbocycles. The summed E-state index contributed by atoms with van der Waals surface area (Å²) in [6.45, 7) is 3.59. The van der Waals surface area contributed by atoms with Crippen molar-refractivity contribution in [2.45, 2.75) is 19.9 Å². The minimum atomic E-state index is -0.848. The zero-order valence-corrected chi connectivity index (χ0v) is 20.6. The van der Waals surface area contributed by atoms with E-state index < -0.39 is 17.9 Å². The molecular weight excluding hydrogens is 508 g/mol. The normalized spacial score (nSPS) is 12.2. The number of carbonyl (C=O) groups is 2. The van der Waals surface area contributed by atoms with Gasteiger partial charge in [-0.3, -0.25) is 9.59 Å². The summed E-state index contributed by atoms with van der Waals surface area (Å²) in [7, 11) is 0. The van der Waals surface area contributed by atoms with Crippen molar-refractivity contribution >= 4 is 64.4 Å². The van der Waals surface area contributed by atoms with Gasteiger partial charge in [0.25, 0.3) is 11.8 Å². The van der Waals surface area contributed by atoms with Crippen molar-refractivity contribution in [1.29, 1.82) is 0 Å². The number of amides is 2. The highest BCUT2D eigenvalue weighted by molar-refractivity contribution is 6.37. The predicted molar refractivity (Wildman–Crippen MR) is 132 cm³/mol. The molecule has 1 aromatic heterocycles. The van der Waals surface area contributed by atoms with E-state index in [4.69, 9.17) is 50.8 Å². The van der Waals surface area contributed by atoms with E-state index in [1.54, 1.807) is 50.2 Å². The molecule has 0 fully saturated rings. The second-order valence-electron chi connectivity index (χ2n) is 7.38. The molecule has 6 nitrogen and oxygen atoms in total. The number of hydrogen-bond donors (Lipinski definition) is 2. The summed E-state index contributed by atoms with van der Waals surface area (Å²) in [5.74, 6) is -0.315. The summed E-state index contributed by atoms with van der Waals surface area (Å²) >= 11 is 24.2. The van der Waals surface area contributed by atoms with E-state index in [0.717, 1.165) is 0 Å². The number of halogens is 4. The van der Waals surface area contributed by atoms with Crippen LogP contribution in [-0.4, -0.2) is 24.1 Å². The maximum atomic E-state index is 12.6. The van der Waals surface area contributed by atoms with Gasteiger partial charge in [0.2, 0.25) is 0 Å². The van der Waals surface area contributed by atoms with Gasteiger partial charge in [-0.25, -0.2) is 5.43 Å². The monoisotopic (exact) mass is 525 g/mol. The topological polar surface area (TPSA) is 83.7 Å². The molecule has 3 aromatic rings. The molecule has 0 bridgehead atoms. The van der Waals surface area contributed by atoms with Crippen molar-refractivity contribution in [3.63, 3.8) is 0 Å². The lowest BCUT2D eigenvalue weighted by Crippen LogP contribution is -2.48. The van der Waals surface area contributed by atoms with Gasteiger partial charge in [0.1, 0.15) is 17.6 Å². The highest BCUT2D eigenvalue weighted by atomic mass is 35.5. The van der Waals surface area contributed by atoms with Crippen molar-refractivity contribution in [2.75, 3.05) is 0 Å². The third-order valence-corrected chi connectivity index (χ3v) is 5.71. The summed E-state index contributed by atoms with van der Waals surface area (Å²) in [6.07, 6.45) is 1.34. The highest BCUT2D eigenvalue weighted by Gasteiger charge is 2.25. The molecule has 172 valence electrons. The fourth-order valence-corrected chi connectivity index (χ4v) is 3.79. The largest absolute Gasteiger partial charge is 0.455 e. The van der Waals surface area contributed by atoms with Crippen LogP contribution in [0.5, 0.6) is 0 Å². The molecule has 1 unspecified atom stereocenters. The molecule has 0 saturated heterocycles. The fraction of sp³-hybridized carbons (Fsp3) is 0.174. The van der Waals surface area contributed by atoms with Gasteiger partial charge in [0, 0.05) is 15.6 Å². The minimum Gasteiger partial charge on any atom is -0.455 e. The van der Waals surface area contributed by atoms with Crippen LogP contribution in [-0.2, 0) is 4.79 Å². The van der Waals surface area contributed by atoms with Gasteiger partial charge < -0.3 is 9.73 Å². The predicted octanol–water partition coefficient (Wildman–Crippen LogP) is 6.46. The lowest BCUT2D eigenvalue weighted by Gasteiger charge is -2.20. The standard InChI is InChI=1S/C23H19Cl4N3O3/c1-12(2)21(29-22(31)16-6-3-14(25)10-19(16)27)23(32)30-28-11-15-5-8-20(33-15)17-9-13(24)4-7-18(17)26/h3-12,21H,1-2H3,(H,29,31)(H,30,32). The molecule has 0 aliphatic heterocycles. The average Bonchev–Trinajstić information content (AvgIpc) is 3.21. The molecule has 1 atom stereocenters. The van der Waals surface area contributed by atoms with E-state index in [1.807, 2.05) is 0 Å². The summed E-state index contributed by atoms with van der Waals surface area (Å²) < 4.78 is 5.70. The van der Waals surface area contributed by atoms with Crippen LogP contribution in [0, 0.1) is 5.92 Å². The number of hydrogen-bond acceptors (Lipinski definition) is 4. The van der Waals surface area contributed by atoms with Crippen molar-refractivity contribution in [3.8, 4) is 11.3 Å². The van der Waals surface area contributed by atoms with E-state index in [2.05, 4.69) is 15.8 Å². The number of nitrogens with zero attached hydrogens (tertiary/aromatic N) is 1. The molecule has 3 rings (SSSR count). The molecule has 0 radical (unpaired) electrons. The molecule has 2 aromatic carbocycles. The molecule has 2 amide bonds. The maximum Gasteiger partial charge on any atom is 0.262 e. The van der Waals surface area contributed by atoms with Crippen LogP contribution < -0.4 is 10.7 Å². The van der Waals surface area contributed by atoms with Crippen molar-refractivity contribution in [3.05, 3.63) is 79.9 Å².